The lowest BCUT2D eigenvalue weighted by Gasteiger charge is -2.36. The third-order valence-corrected chi connectivity index (χ3v) is 7.04. The molecule has 1 saturated heterocycles. The second-order valence-corrected chi connectivity index (χ2v) is 9.29. The molecule has 7 heteroatoms. The van der Waals surface area contributed by atoms with E-state index >= 15 is 0 Å². The number of rotatable bonds is 5. The maximum absolute atomic E-state index is 13.0. The van der Waals surface area contributed by atoms with Crippen LogP contribution in [0.2, 0.25) is 10.0 Å². The summed E-state index contributed by atoms with van der Waals surface area (Å²) >= 11 is 13.7. The zero-order valence-corrected chi connectivity index (χ0v) is 19.0. The standard InChI is InChI=1S/C23H23Cl2N3OS/c1-15-2-7-19(12-20(15)25)28-10-8-27(9-11-28)13-17-14-30-23(26)21(17)22(29)16-3-5-18(24)6-4-16/h2-7,12,14H,8-11,13,26H2,1H3. The van der Waals surface area contributed by atoms with Crippen molar-refractivity contribution in [2.45, 2.75) is 13.5 Å². The number of anilines is 2. The van der Waals surface area contributed by atoms with Crippen LogP contribution in [0.4, 0.5) is 10.7 Å². The van der Waals surface area contributed by atoms with Crippen LogP contribution >= 0.6 is 34.5 Å². The Hall–Kier alpha value is -2.05. The molecule has 4 nitrogen and oxygen atoms in total. The number of carbonyl (C=O) groups is 1. The fraction of sp³-hybridized carbons (Fsp3) is 0.261. The first kappa shape index (κ1) is 21.2. The maximum atomic E-state index is 13.0. The number of halogens is 2. The van der Waals surface area contributed by atoms with Crippen LogP contribution in [0.15, 0.2) is 47.8 Å². The molecule has 2 heterocycles. The highest BCUT2D eigenvalue weighted by atomic mass is 35.5. The van der Waals surface area contributed by atoms with Gasteiger partial charge >= 0.3 is 0 Å². The van der Waals surface area contributed by atoms with Crippen molar-refractivity contribution in [1.29, 1.82) is 0 Å². The summed E-state index contributed by atoms with van der Waals surface area (Å²) in [6.45, 7) is 6.38. The van der Waals surface area contributed by atoms with Gasteiger partial charge in [-0.25, -0.2) is 0 Å². The fourth-order valence-corrected chi connectivity index (χ4v) is 4.82. The van der Waals surface area contributed by atoms with Gasteiger partial charge in [0.2, 0.25) is 0 Å². The molecule has 1 aromatic heterocycles. The number of thiophene rings is 1. The van der Waals surface area contributed by atoms with E-state index in [1.54, 1.807) is 24.3 Å². The number of ketones is 1. The molecule has 1 aliphatic heterocycles. The Kier molecular flexibility index (Phi) is 6.34. The predicted molar refractivity (Wildman–Crippen MR) is 127 cm³/mol. The Labute approximate surface area is 190 Å². The van der Waals surface area contributed by atoms with Crippen molar-refractivity contribution < 1.29 is 4.79 Å². The summed E-state index contributed by atoms with van der Waals surface area (Å²) in [6.07, 6.45) is 0. The highest BCUT2D eigenvalue weighted by molar-refractivity contribution is 7.14. The van der Waals surface area contributed by atoms with Gasteiger partial charge in [-0.3, -0.25) is 9.69 Å². The summed E-state index contributed by atoms with van der Waals surface area (Å²) < 4.78 is 0. The van der Waals surface area contributed by atoms with Crippen LogP contribution in [-0.2, 0) is 6.54 Å². The van der Waals surface area contributed by atoms with E-state index in [1.165, 1.54) is 11.3 Å². The minimum absolute atomic E-state index is 0.0478. The van der Waals surface area contributed by atoms with Crippen LogP contribution in [0.5, 0.6) is 0 Å². The van der Waals surface area contributed by atoms with Gasteiger partial charge < -0.3 is 10.6 Å². The molecule has 0 radical (unpaired) electrons. The summed E-state index contributed by atoms with van der Waals surface area (Å²) in [6, 6.07) is 13.2. The van der Waals surface area contributed by atoms with E-state index in [4.69, 9.17) is 28.9 Å². The number of hydrogen-bond acceptors (Lipinski definition) is 5. The summed E-state index contributed by atoms with van der Waals surface area (Å²) in [4.78, 5) is 17.8. The Bertz CT molecular complexity index is 1060. The number of piperazine rings is 1. The molecular formula is C23H23Cl2N3OS. The van der Waals surface area contributed by atoms with Gasteiger partial charge in [-0.2, -0.15) is 0 Å². The first-order valence-electron chi connectivity index (χ1n) is 9.82. The molecular weight excluding hydrogens is 437 g/mol. The van der Waals surface area contributed by atoms with Gasteiger partial charge in [0.25, 0.3) is 0 Å². The molecule has 0 unspecified atom stereocenters. The first-order chi connectivity index (χ1) is 14.4. The van der Waals surface area contributed by atoms with E-state index in [0.29, 0.717) is 27.7 Å². The van der Waals surface area contributed by atoms with Crippen molar-refractivity contribution in [3.05, 3.63) is 80.1 Å². The monoisotopic (exact) mass is 459 g/mol. The molecule has 0 spiro atoms. The highest BCUT2D eigenvalue weighted by Gasteiger charge is 2.23. The minimum Gasteiger partial charge on any atom is -0.390 e. The predicted octanol–water partition coefficient (Wildman–Crippen LogP) is 5.50. The van der Waals surface area contributed by atoms with Crippen LogP contribution < -0.4 is 10.6 Å². The van der Waals surface area contributed by atoms with Crippen molar-refractivity contribution in [3.63, 3.8) is 0 Å². The number of nitrogens with zero attached hydrogens (tertiary/aromatic N) is 2. The largest absolute Gasteiger partial charge is 0.390 e. The number of nitrogen functional groups attached to an aromatic ring is 1. The van der Waals surface area contributed by atoms with E-state index in [-0.39, 0.29) is 5.78 Å². The third-order valence-electron chi connectivity index (χ3n) is 5.52. The van der Waals surface area contributed by atoms with Crippen LogP contribution in [0.3, 0.4) is 0 Å². The third kappa shape index (κ3) is 4.49. The number of hydrogen-bond donors (Lipinski definition) is 1. The molecule has 156 valence electrons. The van der Waals surface area contributed by atoms with Gasteiger partial charge in [-0.15, -0.1) is 11.3 Å². The maximum Gasteiger partial charge on any atom is 0.196 e. The van der Waals surface area contributed by atoms with Crippen molar-refractivity contribution >= 4 is 51.0 Å². The van der Waals surface area contributed by atoms with Crippen molar-refractivity contribution in [2.24, 2.45) is 0 Å². The fourth-order valence-electron chi connectivity index (χ4n) is 3.71. The lowest BCUT2D eigenvalue weighted by Crippen LogP contribution is -2.46. The van der Waals surface area contributed by atoms with Gasteiger partial charge in [0, 0.05) is 54.0 Å². The second-order valence-electron chi connectivity index (χ2n) is 7.53. The number of carbonyl (C=O) groups excluding carboxylic acids is 1. The van der Waals surface area contributed by atoms with Gasteiger partial charge in [-0.05, 0) is 59.8 Å². The van der Waals surface area contributed by atoms with E-state index in [1.807, 2.05) is 18.4 Å². The van der Waals surface area contributed by atoms with Crippen molar-refractivity contribution in [1.82, 2.24) is 4.90 Å². The van der Waals surface area contributed by atoms with E-state index < -0.39 is 0 Å². The summed E-state index contributed by atoms with van der Waals surface area (Å²) in [5.41, 5.74) is 10.6. The van der Waals surface area contributed by atoms with Crippen LogP contribution in [0.25, 0.3) is 0 Å². The Balaban J connectivity index is 1.44. The molecule has 4 rings (SSSR count). The van der Waals surface area contributed by atoms with Crippen molar-refractivity contribution in [2.75, 3.05) is 36.8 Å². The SMILES string of the molecule is Cc1ccc(N2CCN(Cc3csc(N)c3C(=O)c3ccc(Cl)cc3)CC2)cc1Cl. The lowest BCUT2D eigenvalue weighted by atomic mass is 10.0. The Morgan fingerprint density at radius 3 is 2.43 bits per heavy atom. The molecule has 2 aromatic carbocycles. The first-order valence-corrected chi connectivity index (χ1v) is 11.5. The molecule has 0 bridgehead atoms. The van der Waals surface area contributed by atoms with Gasteiger partial charge in [0.05, 0.1) is 10.6 Å². The van der Waals surface area contributed by atoms with Crippen molar-refractivity contribution in [3.8, 4) is 0 Å². The number of nitrogens with two attached hydrogens (primary N) is 1. The molecule has 0 saturated carbocycles. The molecule has 0 amide bonds. The summed E-state index contributed by atoms with van der Waals surface area (Å²) in [5.74, 6) is -0.0478. The molecule has 1 aliphatic rings. The number of aryl methyl sites for hydroxylation is 1. The summed E-state index contributed by atoms with van der Waals surface area (Å²) in [5, 5.41) is 3.98. The molecule has 1 fully saturated rings. The van der Waals surface area contributed by atoms with Crippen LogP contribution in [0, 0.1) is 6.92 Å². The minimum atomic E-state index is -0.0478. The summed E-state index contributed by atoms with van der Waals surface area (Å²) in [7, 11) is 0. The van der Waals surface area contributed by atoms with E-state index in [9.17, 15) is 4.79 Å². The Morgan fingerprint density at radius 2 is 1.77 bits per heavy atom. The average molecular weight is 460 g/mol. The smallest absolute Gasteiger partial charge is 0.196 e. The molecule has 2 N–H and O–H groups in total. The molecule has 0 aliphatic carbocycles. The zero-order chi connectivity index (χ0) is 21.3. The number of benzene rings is 2. The highest BCUT2D eigenvalue weighted by Crippen LogP contribution is 2.30. The molecule has 30 heavy (non-hydrogen) atoms. The van der Waals surface area contributed by atoms with E-state index in [2.05, 4.69) is 21.9 Å². The molecule has 3 aromatic rings. The van der Waals surface area contributed by atoms with Gasteiger partial charge in [-0.1, -0.05) is 29.3 Å². The molecule has 0 atom stereocenters. The topological polar surface area (TPSA) is 49.6 Å². The van der Waals surface area contributed by atoms with Gasteiger partial charge in [0.1, 0.15) is 0 Å². The normalized spacial score (nSPS) is 14.8. The second kappa shape index (κ2) is 8.98. The van der Waals surface area contributed by atoms with Crippen LogP contribution in [0.1, 0.15) is 27.0 Å². The van der Waals surface area contributed by atoms with Crippen LogP contribution in [-0.4, -0.2) is 36.9 Å². The quantitative estimate of drug-likeness (QED) is 0.511. The average Bonchev–Trinajstić information content (AvgIpc) is 3.10. The zero-order valence-electron chi connectivity index (χ0n) is 16.7. The lowest BCUT2D eigenvalue weighted by molar-refractivity contribution is 0.103. The Morgan fingerprint density at radius 1 is 1.07 bits per heavy atom. The van der Waals surface area contributed by atoms with Gasteiger partial charge in [0.15, 0.2) is 5.78 Å². The van der Waals surface area contributed by atoms with E-state index in [0.717, 1.165) is 48.0 Å².